The summed E-state index contributed by atoms with van der Waals surface area (Å²) in [6.45, 7) is 4.01. The van der Waals surface area contributed by atoms with E-state index in [0.717, 1.165) is 17.8 Å². The SMILES string of the molecule is CC(Oc1cccc(Cl)c1)C(=O)NC(C)C12CC3CC(CC(C3)C1)C2. The number of nitrogens with one attached hydrogen (secondary N) is 1. The Morgan fingerprint density at radius 1 is 1.16 bits per heavy atom. The molecule has 4 aliphatic carbocycles. The van der Waals surface area contributed by atoms with Gasteiger partial charge in [0.05, 0.1) is 0 Å². The first-order valence-corrected chi connectivity index (χ1v) is 10.0. The summed E-state index contributed by atoms with van der Waals surface area (Å²) in [6.07, 6.45) is 7.64. The van der Waals surface area contributed by atoms with E-state index in [-0.39, 0.29) is 11.9 Å². The second kappa shape index (κ2) is 6.50. The molecular weight excluding hydrogens is 334 g/mol. The molecule has 4 fully saturated rings. The van der Waals surface area contributed by atoms with Gasteiger partial charge in [0.25, 0.3) is 5.91 Å². The number of carbonyl (C=O) groups is 1. The number of amides is 1. The smallest absolute Gasteiger partial charge is 0.261 e. The first-order valence-electron chi connectivity index (χ1n) is 9.66. The quantitative estimate of drug-likeness (QED) is 0.815. The highest BCUT2D eigenvalue weighted by Crippen LogP contribution is 2.61. The van der Waals surface area contributed by atoms with Crippen molar-refractivity contribution in [1.29, 1.82) is 0 Å². The summed E-state index contributed by atoms with van der Waals surface area (Å²) >= 11 is 5.99. The second-order valence-corrected chi connectivity index (χ2v) is 9.16. The van der Waals surface area contributed by atoms with Crippen LogP contribution in [0, 0.1) is 23.2 Å². The van der Waals surface area contributed by atoms with Crippen LogP contribution >= 0.6 is 11.6 Å². The van der Waals surface area contributed by atoms with E-state index in [1.54, 1.807) is 12.1 Å². The van der Waals surface area contributed by atoms with E-state index in [0.29, 0.717) is 16.2 Å². The minimum atomic E-state index is -0.519. The van der Waals surface area contributed by atoms with Gasteiger partial charge in [0.1, 0.15) is 5.75 Å². The summed E-state index contributed by atoms with van der Waals surface area (Å²) < 4.78 is 5.78. The molecule has 0 heterocycles. The predicted molar refractivity (Wildman–Crippen MR) is 99.8 cm³/mol. The molecule has 5 rings (SSSR count). The topological polar surface area (TPSA) is 38.3 Å². The molecule has 1 N–H and O–H groups in total. The number of hydrogen-bond donors (Lipinski definition) is 1. The van der Waals surface area contributed by atoms with Gasteiger partial charge < -0.3 is 10.1 Å². The average molecular weight is 362 g/mol. The molecule has 0 spiro atoms. The van der Waals surface area contributed by atoms with E-state index in [4.69, 9.17) is 16.3 Å². The van der Waals surface area contributed by atoms with E-state index in [1.165, 1.54) is 38.5 Å². The summed E-state index contributed by atoms with van der Waals surface area (Å²) in [5.41, 5.74) is 0.320. The summed E-state index contributed by atoms with van der Waals surface area (Å²) in [6, 6.07) is 7.43. The zero-order chi connectivity index (χ0) is 17.6. The van der Waals surface area contributed by atoms with Crippen LogP contribution in [0.3, 0.4) is 0 Å². The fourth-order valence-corrected chi connectivity index (χ4v) is 6.17. The van der Waals surface area contributed by atoms with E-state index < -0.39 is 6.10 Å². The van der Waals surface area contributed by atoms with Crippen molar-refractivity contribution in [1.82, 2.24) is 5.32 Å². The maximum Gasteiger partial charge on any atom is 0.261 e. The minimum Gasteiger partial charge on any atom is -0.481 e. The molecule has 0 aliphatic heterocycles. The standard InChI is InChI=1S/C21H28ClNO2/c1-13(25-19-5-3-4-18(22)9-19)20(24)23-14(2)21-10-15-6-16(11-21)8-17(7-15)12-21/h3-5,9,13-17H,6-8,10-12H2,1-2H3,(H,23,24). The molecule has 1 aromatic rings. The Morgan fingerprint density at radius 3 is 2.32 bits per heavy atom. The van der Waals surface area contributed by atoms with Crippen LogP contribution in [0.15, 0.2) is 24.3 Å². The van der Waals surface area contributed by atoms with Crippen molar-refractivity contribution in [3.63, 3.8) is 0 Å². The van der Waals surface area contributed by atoms with Gasteiger partial charge in [-0.3, -0.25) is 4.79 Å². The van der Waals surface area contributed by atoms with Gasteiger partial charge in [-0.15, -0.1) is 0 Å². The molecule has 4 saturated carbocycles. The summed E-state index contributed by atoms with van der Waals surface area (Å²) in [5, 5.41) is 3.89. The summed E-state index contributed by atoms with van der Waals surface area (Å²) in [5.74, 6) is 3.29. The molecule has 2 unspecified atom stereocenters. The number of benzene rings is 1. The number of ether oxygens (including phenoxy) is 1. The maximum absolute atomic E-state index is 12.7. The van der Waals surface area contributed by atoms with Gasteiger partial charge in [0.15, 0.2) is 6.10 Å². The third-order valence-electron chi connectivity index (χ3n) is 6.84. The van der Waals surface area contributed by atoms with Crippen molar-refractivity contribution in [3.8, 4) is 5.75 Å². The van der Waals surface area contributed by atoms with Gasteiger partial charge in [-0.05, 0) is 93.7 Å². The molecule has 25 heavy (non-hydrogen) atoms. The Balaban J connectivity index is 1.38. The molecule has 4 bridgehead atoms. The Hall–Kier alpha value is -1.22. The molecular formula is C21H28ClNO2. The molecule has 2 atom stereocenters. The van der Waals surface area contributed by atoms with Gasteiger partial charge >= 0.3 is 0 Å². The fraction of sp³-hybridized carbons (Fsp3) is 0.667. The van der Waals surface area contributed by atoms with Gasteiger partial charge in [-0.2, -0.15) is 0 Å². The number of halogens is 1. The lowest BCUT2D eigenvalue weighted by atomic mass is 9.48. The van der Waals surface area contributed by atoms with E-state index in [2.05, 4.69) is 12.2 Å². The largest absolute Gasteiger partial charge is 0.481 e. The first kappa shape index (κ1) is 17.2. The van der Waals surface area contributed by atoms with Crippen molar-refractivity contribution in [2.45, 2.75) is 64.5 Å². The third-order valence-corrected chi connectivity index (χ3v) is 7.08. The van der Waals surface area contributed by atoms with E-state index in [1.807, 2.05) is 19.1 Å². The summed E-state index contributed by atoms with van der Waals surface area (Å²) in [4.78, 5) is 12.7. The lowest BCUT2D eigenvalue weighted by molar-refractivity contribution is -0.131. The summed E-state index contributed by atoms with van der Waals surface area (Å²) in [7, 11) is 0. The van der Waals surface area contributed by atoms with Gasteiger partial charge in [0, 0.05) is 11.1 Å². The number of hydrogen-bond acceptors (Lipinski definition) is 2. The lowest BCUT2D eigenvalue weighted by Crippen LogP contribution is -2.57. The lowest BCUT2D eigenvalue weighted by Gasteiger charge is -2.59. The van der Waals surface area contributed by atoms with Crippen molar-refractivity contribution in [2.24, 2.45) is 23.2 Å². The zero-order valence-corrected chi connectivity index (χ0v) is 15.9. The molecule has 3 nitrogen and oxygen atoms in total. The Labute approximate surface area is 155 Å². The maximum atomic E-state index is 12.7. The molecule has 1 amide bonds. The van der Waals surface area contributed by atoms with Crippen LogP contribution < -0.4 is 10.1 Å². The molecule has 0 radical (unpaired) electrons. The van der Waals surface area contributed by atoms with Crippen molar-refractivity contribution in [2.75, 3.05) is 0 Å². The average Bonchev–Trinajstić information content (AvgIpc) is 2.53. The predicted octanol–water partition coefficient (Wildman–Crippen LogP) is 4.83. The zero-order valence-electron chi connectivity index (χ0n) is 15.1. The highest BCUT2D eigenvalue weighted by atomic mass is 35.5. The Bertz CT molecular complexity index is 624. The van der Waals surface area contributed by atoms with Crippen LogP contribution in [0.1, 0.15) is 52.4 Å². The van der Waals surface area contributed by atoms with Crippen molar-refractivity contribution >= 4 is 17.5 Å². The fourth-order valence-electron chi connectivity index (χ4n) is 5.99. The molecule has 4 aliphatic rings. The van der Waals surface area contributed by atoms with Gasteiger partial charge in [-0.25, -0.2) is 0 Å². The van der Waals surface area contributed by atoms with E-state index >= 15 is 0 Å². The minimum absolute atomic E-state index is 0.0248. The van der Waals surface area contributed by atoms with Gasteiger partial charge in [0.2, 0.25) is 0 Å². The van der Waals surface area contributed by atoms with Crippen LogP contribution in [0.4, 0.5) is 0 Å². The molecule has 0 saturated heterocycles. The monoisotopic (exact) mass is 361 g/mol. The molecule has 4 heteroatoms. The Kier molecular flexibility index (Phi) is 4.47. The third kappa shape index (κ3) is 3.40. The highest BCUT2D eigenvalue weighted by Gasteiger charge is 2.53. The normalized spacial score (nSPS) is 35.2. The second-order valence-electron chi connectivity index (χ2n) is 8.73. The van der Waals surface area contributed by atoms with Crippen LogP contribution in [0.5, 0.6) is 5.75 Å². The highest BCUT2D eigenvalue weighted by molar-refractivity contribution is 6.30. The van der Waals surface area contributed by atoms with Crippen LogP contribution in [-0.2, 0) is 4.79 Å². The van der Waals surface area contributed by atoms with Crippen molar-refractivity contribution < 1.29 is 9.53 Å². The first-order chi connectivity index (χ1) is 11.9. The molecule has 1 aromatic carbocycles. The Morgan fingerprint density at radius 2 is 1.76 bits per heavy atom. The van der Waals surface area contributed by atoms with Crippen LogP contribution in [0.25, 0.3) is 0 Å². The molecule has 136 valence electrons. The number of carbonyl (C=O) groups excluding carboxylic acids is 1. The van der Waals surface area contributed by atoms with Crippen molar-refractivity contribution in [3.05, 3.63) is 29.3 Å². The number of rotatable bonds is 5. The molecule has 0 aromatic heterocycles. The van der Waals surface area contributed by atoms with E-state index in [9.17, 15) is 4.79 Å². The van der Waals surface area contributed by atoms with Crippen LogP contribution in [-0.4, -0.2) is 18.1 Å². The van der Waals surface area contributed by atoms with Crippen LogP contribution in [0.2, 0.25) is 5.02 Å². The van der Waals surface area contributed by atoms with Gasteiger partial charge in [-0.1, -0.05) is 17.7 Å².